The molecule has 2 aliphatic rings. The Kier molecular flexibility index (Phi) is 5.23. The summed E-state index contributed by atoms with van der Waals surface area (Å²) >= 11 is 0. The highest BCUT2D eigenvalue weighted by Crippen LogP contribution is 2.38. The van der Waals surface area contributed by atoms with E-state index in [0.717, 1.165) is 67.4 Å². The molecule has 0 aliphatic carbocycles. The topological polar surface area (TPSA) is 98.1 Å². The second-order valence-corrected chi connectivity index (χ2v) is 7.94. The summed E-state index contributed by atoms with van der Waals surface area (Å²) in [6, 6.07) is 18.0. The van der Waals surface area contributed by atoms with Gasteiger partial charge in [-0.15, -0.1) is 0 Å². The zero-order valence-corrected chi connectivity index (χ0v) is 17.3. The normalized spacial score (nSPS) is 18.6. The van der Waals surface area contributed by atoms with Crippen LogP contribution in [0.5, 0.6) is 5.75 Å². The molecule has 2 aliphatic heterocycles. The largest absolute Gasteiger partial charge is 0.490 e. The van der Waals surface area contributed by atoms with Crippen molar-refractivity contribution in [3.8, 4) is 23.1 Å². The van der Waals surface area contributed by atoms with Gasteiger partial charge in [-0.1, -0.05) is 18.2 Å². The summed E-state index contributed by atoms with van der Waals surface area (Å²) in [7, 11) is 0. The van der Waals surface area contributed by atoms with Crippen molar-refractivity contribution in [3.05, 3.63) is 59.7 Å². The standard InChI is InChI=1S/C24H25N5O2/c25-15-20-23(16-5-7-17(8-6-16)31-18-10-13-30-14-11-18)28-29-22(9-12-27-24(20)29)19-3-1-2-4-21(19)26/h1-8,18,22,27H,9-14,26H2. The Morgan fingerprint density at radius 2 is 1.87 bits per heavy atom. The molecule has 1 saturated heterocycles. The van der Waals surface area contributed by atoms with Crippen molar-refractivity contribution in [1.29, 1.82) is 5.26 Å². The number of para-hydroxylation sites is 1. The predicted molar refractivity (Wildman–Crippen MR) is 119 cm³/mol. The lowest BCUT2D eigenvalue weighted by atomic mass is 10.0. The lowest BCUT2D eigenvalue weighted by molar-refractivity contribution is 0.0256. The van der Waals surface area contributed by atoms with Gasteiger partial charge in [-0.3, -0.25) is 0 Å². The fourth-order valence-corrected chi connectivity index (χ4v) is 4.37. The molecule has 158 valence electrons. The first-order valence-corrected chi connectivity index (χ1v) is 10.7. The number of nitriles is 1. The van der Waals surface area contributed by atoms with Gasteiger partial charge in [0.05, 0.1) is 19.3 Å². The number of fused-ring (bicyclic) bond motifs is 1. The summed E-state index contributed by atoms with van der Waals surface area (Å²) in [5.41, 5.74) is 10.1. The molecule has 7 nitrogen and oxygen atoms in total. The number of hydrogen-bond acceptors (Lipinski definition) is 6. The first kappa shape index (κ1) is 19.5. The van der Waals surface area contributed by atoms with Gasteiger partial charge in [-0.25, -0.2) is 4.68 Å². The summed E-state index contributed by atoms with van der Waals surface area (Å²) in [6.07, 6.45) is 2.86. The van der Waals surface area contributed by atoms with E-state index in [1.165, 1.54) is 0 Å². The van der Waals surface area contributed by atoms with Crippen LogP contribution in [0.2, 0.25) is 0 Å². The number of rotatable bonds is 4. The maximum absolute atomic E-state index is 9.90. The average Bonchev–Trinajstić information content (AvgIpc) is 3.19. The number of ether oxygens (including phenoxy) is 2. The molecule has 3 heterocycles. The van der Waals surface area contributed by atoms with Gasteiger partial charge in [0, 0.05) is 30.6 Å². The van der Waals surface area contributed by atoms with Gasteiger partial charge in [-0.2, -0.15) is 10.4 Å². The lowest BCUT2D eigenvalue weighted by Gasteiger charge is -2.27. The van der Waals surface area contributed by atoms with E-state index in [4.69, 9.17) is 20.3 Å². The molecule has 0 spiro atoms. The Morgan fingerprint density at radius 1 is 1.10 bits per heavy atom. The SMILES string of the molecule is N#Cc1c(-c2ccc(OC3CCOCC3)cc2)nn2c1NCCC2c1ccccc1N. The molecule has 1 atom stereocenters. The minimum Gasteiger partial charge on any atom is -0.490 e. The minimum atomic E-state index is -0.00516. The molecular weight excluding hydrogens is 390 g/mol. The highest BCUT2D eigenvalue weighted by Gasteiger charge is 2.29. The van der Waals surface area contributed by atoms with Crippen LogP contribution in [0.1, 0.15) is 36.4 Å². The molecule has 5 rings (SSSR count). The van der Waals surface area contributed by atoms with E-state index in [-0.39, 0.29) is 12.1 Å². The van der Waals surface area contributed by atoms with Crippen molar-refractivity contribution < 1.29 is 9.47 Å². The molecular formula is C24H25N5O2. The molecule has 1 unspecified atom stereocenters. The van der Waals surface area contributed by atoms with E-state index in [2.05, 4.69) is 11.4 Å². The molecule has 3 aromatic rings. The fraction of sp³-hybridized carbons (Fsp3) is 0.333. The maximum Gasteiger partial charge on any atom is 0.143 e. The van der Waals surface area contributed by atoms with E-state index in [9.17, 15) is 5.26 Å². The number of nitrogens with zero attached hydrogens (tertiary/aromatic N) is 3. The summed E-state index contributed by atoms with van der Waals surface area (Å²) in [6.45, 7) is 2.25. The van der Waals surface area contributed by atoms with Gasteiger partial charge in [0.15, 0.2) is 0 Å². The van der Waals surface area contributed by atoms with Crippen molar-refractivity contribution in [1.82, 2.24) is 9.78 Å². The Hall–Kier alpha value is -3.50. The van der Waals surface area contributed by atoms with E-state index in [1.54, 1.807) is 0 Å². The smallest absolute Gasteiger partial charge is 0.143 e. The van der Waals surface area contributed by atoms with Gasteiger partial charge < -0.3 is 20.5 Å². The third-order valence-corrected chi connectivity index (χ3v) is 5.98. The highest BCUT2D eigenvalue weighted by molar-refractivity contribution is 5.74. The second-order valence-electron chi connectivity index (χ2n) is 7.94. The number of hydrogen-bond donors (Lipinski definition) is 2. The number of nitrogens with one attached hydrogen (secondary N) is 1. The number of aromatic nitrogens is 2. The van der Waals surface area contributed by atoms with Gasteiger partial charge >= 0.3 is 0 Å². The summed E-state index contributed by atoms with van der Waals surface area (Å²) in [4.78, 5) is 0. The molecule has 0 amide bonds. The second kappa shape index (κ2) is 8.32. The molecule has 1 aromatic heterocycles. The van der Waals surface area contributed by atoms with Crippen LogP contribution >= 0.6 is 0 Å². The predicted octanol–water partition coefficient (Wildman–Crippen LogP) is 3.97. The van der Waals surface area contributed by atoms with Crippen LogP contribution < -0.4 is 15.8 Å². The Bertz CT molecular complexity index is 1110. The van der Waals surface area contributed by atoms with Crippen molar-refractivity contribution in [3.63, 3.8) is 0 Å². The summed E-state index contributed by atoms with van der Waals surface area (Å²) in [5.74, 6) is 1.57. The summed E-state index contributed by atoms with van der Waals surface area (Å²) < 4.78 is 13.4. The number of nitrogens with two attached hydrogens (primary N) is 1. The van der Waals surface area contributed by atoms with Crippen molar-refractivity contribution in [2.24, 2.45) is 0 Å². The highest BCUT2D eigenvalue weighted by atomic mass is 16.5. The Labute approximate surface area is 181 Å². The van der Waals surface area contributed by atoms with Gasteiger partial charge in [0.2, 0.25) is 0 Å². The van der Waals surface area contributed by atoms with E-state index in [1.807, 2.05) is 53.2 Å². The quantitative estimate of drug-likeness (QED) is 0.626. The minimum absolute atomic E-state index is 0.00516. The van der Waals surface area contributed by atoms with Crippen molar-refractivity contribution in [2.45, 2.75) is 31.4 Å². The number of nitrogen functional groups attached to an aromatic ring is 1. The molecule has 1 fully saturated rings. The average molecular weight is 415 g/mol. The molecule has 3 N–H and O–H groups in total. The fourth-order valence-electron chi connectivity index (χ4n) is 4.37. The van der Waals surface area contributed by atoms with Crippen LogP contribution in [0.25, 0.3) is 11.3 Å². The van der Waals surface area contributed by atoms with Gasteiger partial charge in [0.1, 0.15) is 35.0 Å². The van der Waals surface area contributed by atoms with E-state index in [0.29, 0.717) is 11.3 Å². The first-order valence-electron chi connectivity index (χ1n) is 10.7. The van der Waals surface area contributed by atoms with Crippen molar-refractivity contribution in [2.75, 3.05) is 30.8 Å². The van der Waals surface area contributed by atoms with Crippen LogP contribution in [0.3, 0.4) is 0 Å². The van der Waals surface area contributed by atoms with Crippen LogP contribution in [-0.2, 0) is 4.74 Å². The number of anilines is 2. The summed E-state index contributed by atoms with van der Waals surface area (Å²) in [5, 5.41) is 18.1. The first-order chi connectivity index (χ1) is 15.2. The molecule has 0 radical (unpaired) electrons. The zero-order valence-electron chi connectivity index (χ0n) is 17.3. The van der Waals surface area contributed by atoms with Crippen LogP contribution in [0.4, 0.5) is 11.5 Å². The molecule has 0 saturated carbocycles. The Balaban J connectivity index is 1.46. The van der Waals surface area contributed by atoms with E-state index < -0.39 is 0 Å². The Morgan fingerprint density at radius 3 is 2.61 bits per heavy atom. The monoisotopic (exact) mass is 415 g/mol. The zero-order chi connectivity index (χ0) is 21.2. The third kappa shape index (κ3) is 3.71. The van der Waals surface area contributed by atoms with Crippen molar-refractivity contribution >= 4 is 11.5 Å². The third-order valence-electron chi connectivity index (χ3n) is 5.98. The van der Waals surface area contributed by atoms with Gasteiger partial charge in [-0.05, 0) is 42.3 Å². The molecule has 7 heteroatoms. The lowest BCUT2D eigenvalue weighted by Crippen LogP contribution is -2.25. The van der Waals surface area contributed by atoms with Crippen LogP contribution in [0, 0.1) is 11.3 Å². The van der Waals surface area contributed by atoms with Crippen LogP contribution in [0.15, 0.2) is 48.5 Å². The molecule has 0 bridgehead atoms. The van der Waals surface area contributed by atoms with Crippen LogP contribution in [-0.4, -0.2) is 35.6 Å². The van der Waals surface area contributed by atoms with Gasteiger partial charge in [0.25, 0.3) is 0 Å². The number of benzene rings is 2. The maximum atomic E-state index is 9.90. The molecule has 31 heavy (non-hydrogen) atoms. The molecule has 2 aromatic carbocycles. The van der Waals surface area contributed by atoms with E-state index >= 15 is 0 Å².